The smallest absolute Gasteiger partial charge is 0.129 e. The second-order valence-electron chi connectivity index (χ2n) is 3.26. The predicted octanol–water partition coefficient (Wildman–Crippen LogP) is 2.48. The molecule has 2 aromatic carbocycles. The summed E-state index contributed by atoms with van der Waals surface area (Å²) in [6, 6.07) is 11.9. The molecular weight excluding hydrogens is 206 g/mol. The monoisotopic (exact) mass is 217 g/mol. The highest BCUT2D eigenvalue weighted by atomic mass is 32.1. The zero-order valence-electron chi connectivity index (χ0n) is 8.36. The molecule has 3 heteroatoms. The van der Waals surface area contributed by atoms with Crippen molar-refractivity contribution >= 4 is 28.0 Å². The van der Waals surface area contributed by atoms with Crippen LogP contribution in [0.5, 0.6) is 5.75 Å². The van der Waals surface area contributed by atoms with Crippen LogP contribution in [0.3, 0.4) is 0 Å². The van der Waals surface area contributed by atoms with Crippen LogP contribution < -0.4 is 10.5 Å². The van der Waals surface area contributed by atoms with Gasteiger partial charge in [-0.3, -0.25) is 0 Å². The molecule has 0 saturated carbocycles. The lowest BCUT2D eigenvalue weighted by molar-refractivity contribution is 0.414. The fourth-order valence-electron chi connectivity index (χ4n) is 1.58. The maximum absolute atomic E-state index is 5.63. The number of hydrogen-bond donors (Lipinski definition) is 1. The molecule has 0 bridgehead atoms. The van der Waals surface area contributed by atoms with Gasteiger partial charge in [0, 0.05) is 0 Å². The SMILES string of the molecule is COc1cc2ccccc2cc1C(N)=S. The van der Waals surface area contributed by atoms with Gasteiger partial charge in [0.25, 0.3) is 0 Å². The number of ether oxygens (including phenoxy) is 1. The highest BCUT2D eigenvalue weighted by Gasteiger charge is 2.07. The van der Waals surface area contributed by atoms with Crippen LogP contribution in [0.1, 0.15) is 5.56 Å². The van der Waals surface area contributed by atoms with E-state index in [9.17, 15) is 0 Å². The van der Waals surface area contributed by atoms with Gasteiger partial charge in [0.05, 0.1) is 12.7 Å². The van der Waals surface area contributed by atoms with Crippen molar-refractivity contribution in [3.8, 4) is 5.75 Å². The molecule has 15 heavy (non-hydrogen) atoms. The molecule has 76 valence electrons. The number of nitrogens with two attached hydrogens (primary N) is 1. The zero-order valence-corrected chi connectivity index (χ0v) is 9.17. The lowest BCUT2D eigenvalue weighted by Crippen LogP contribution is -2.10. The van der Waals surface area contributed by atoms with E-state index in [2.05, 4.69) is 0 Å². The van der Waals surface area contributed by atoms with Crippen LogP contribution in [0.15, 0.2) is 36.4 Å². The maximum Gasteiger partial charge on any atom is 0.129 e. The van der Waals surface area contributed by atoms with Gasteiger partial charge in [0.1, 0.15) is 10.7 Å². The molecule has 0 heterocycles. The number of rotatable bonds is 2. The van der Waals surface area contributed by atoms with Crippen molar-refractivity contribution in [1.82, 2.24) is 0 Å². The molecule has 0 radical (unpaired) electrons. The molecule has 0 spiro atoms. The van der Waals surface area contributed by atoms with Gasteiger partial charge in [-0.2, -0.15) is 0 Å². The summed E-state index contributed by atoms with van der Waals surface area (Å²) < 4.78 is 5.25. The molecule has 0 unspecified atom stereocenters. The quantitative estimate of drug-likeness (QED) is 0.785. The lowest BCUT2D eigenvalue weighted by atomic mass is 10.1. The molecule has 2 rings (SSSR count). The molecule has 0 aliphatic carbocycles. The minimum Gasteiger partial charge on any atom is -0.496 e. The Bertz CT molecular complexity index is 522. The third-order valence-corrected chi connectivity index (χ3v) is 2.55. The number of hydrogen-bond acceptors (Lipinski definition) is 2. The Kier molecular flexibility index (Phi) is 2.56. The van der Waals surface area contributed by atoms with Crippen molar-refractivity contribution in [2.45, 2.75) is 0 Å². The molecule has 0 atom stereocenters. The van der Waals surface area contributed by atoms with Crippen molar-refractivity contribution in [2.24, 2.45) is 5.73 Å². The lowest BCUT2D eigenvalue weighted by Gasteiger charge is -2.08. The van der Waals surface area contributed by atoms with E-state index in [1.165, 1.54) is 0 Å². The Balaban J connectivity index is 2.74. The van der Waals surface area contributed by atoms with E-state index in [0.29, 0.717) is 4.99 Å². The summed E-state index contributed by atoms with van der Waals surface area (Å²) in [5.74, 6) is 0.723. The van der Waals surface area contributed by atoms with E-state index < -0.39 is 0 Å². The predicted molar refractivity (Wildman–Crippen MR) is 66.4 cm³/mol. The van der Waals surface area contributed by atoms with Crippen molar-refractivity contribution in [2.75, 3.05) is 7.11 Å². The van der Waals surface area contributed by atoms with Gasteiger partial charge in [-0.25, -0.2) is 0 Å². The zero-order chi connectivity index (χ0) is 10.8. The van der Waals surface area contributed by atoms with Gasteiger partial charge in [0.15, 0.2) is 0 Å². The number of thiocarbonyl (C=S) groups is 1. The Morgan fingerprint density at radius 2 is 1.80 bits per heavy atom. The molecule has 2 aromatic rings. The van der Waals surface area contributed by atoms with E-state index in [1.54, 1.807) is 7.11 Å². The van der Waals surface area contributed by atoms with Crippen LogP contribution >= 0.6 is 12.2 Å². The first-order valence-electron chi connectivity index (χ1n) is 4.59. The van der Waals surface area contributed by atoms with Gasteiger partial charge in [-0.1, -0.05) is 36.5 Å². The number of methoxy groups -OCH3 is 1. The highest BCUT2D eigenvalue weighted by molar-refractivity contribution is 7.80. The van der Waals surface area contributed by atoms with Crippen molar-refractivity contribution < 1.29 is 4.74 Å². The van der Waals surface area contributed by atoms with Gasteiger partial charge in [-0.15, -0.1) is 0 Å². The fourth-order valence-corrected chi connectivity index (χ4v) is 1.74. The van der Waals surface area contributed by atoms with Crippen molar-refractivity contribution in [1.29, 1.82) is 0 Å². The van der Waals surface area contributed by atoms with Gasteiger partial charge in [0.2, 0.25) is 0 Å². The largest absolute Gasteiger partial charge is 0.496 e. The molecule has 2 N–H and O–H groups in total. The molecular formula is C12H11NOS. The van der Waals surface area contributed by atoms with Gasteiger partial charge >= 0.3 is 0 Å². The highest BCUT2D eigenvalue weighted by Crippen LogP contribution is 2.25. The van der Waals surface area contributed by atoms with E-state index >= 15 is 0 Å². The van der Waals surface area contributed by atoms with Crippen LogP contribution in [-0.4, -0.2) is 12.1 Å². The molecule has 2 nitrogen and oxygen atoms in total. The molecule has 0 aliphatic heterocycles. The molecule has 0 aliphatic rings. The topological polar surface area (TPSA) is 35.2 Å². The Labute approximate surface area is 93.7 Å². The van der Waals surface area contributed by atoms with Crippen LogP contribution in [-0.2, 0) is 0 Å². The molecule has 0 aromatic heterocycles. The number of fused-ring (bicyclic) bond motifs is 1. The fraction of sp³-hybridized carbons (Fsp3) is 0.0833. The third kappa shape index (κ3) is 1.78. The van der Waals surface area contributed by atoms with E-state index in [1.807, 2.05) is 36.4 Å². The Morgan fingerprint density at radius 3 is 2.33 bits per heavy atom. The summed E-state index contributed by atoms with van der Waals surface area (Å²) in [4.78, 5) is 0.359. The van der Waals surface area contributed by atoms with Crippen LogP contribution in [0.4, 0.5) is 0 Å². The summed E-state index contributed by atoms with van der Waals surface area (Å²) in [6.45, 7) is 0. The van der Waals surface area contributed by atoms with Gasteiger partial charge < -0.3 is 10.5 Å². The second-order valence-corrected chi connectivity index (χ2v) is 3.70. The van der Waals surface area contributed by atoms with E-state index in [-0.39, 0.29) is 0 Å². The Hall–Kier alpha value is -1.61. The first kappa shape index (κ1) is 9.93. The minimum absolute atomic E-state index is 0.359. The minimum atomic E-state index is 0.359. The summed E-state index contributed by atoms with van der Waals surface area (Å²) in [5, 5.41) is 2.23. The summed E-state index contributed by atoms with van der Waals surface area (Å²) in [7, 11) is 1.62. The first-order valence-corrected chi connectivity index (χ1v) is 5.00. The molecule has 0 saturated heterocycles. The van der Waals surface area contributed by atoms with Crippen LogP contribution in [0.2, 0.25) is 0 Å². The summed E-state index contributed by atoms with van der Waals surface area (Å²) in [5.41, 5.74) is 6.42. The van der Waals surface area contributed by atoms with Crippen molar-refractivity contribution in [3.63, 3.8) is 0 Å². The second kappa shape index (κ2) is 3.87. The van der Waals surface area contributed by atoms with Crippen molar-refractivity contribution in [3.05, 3.63) is 42.0 Å². The number of benzene rings is 2. The summed E-state index contributed by atoms with van der Waals surface area (Å²) in [6.07, 6.45) is 0. The average Bonchev–Trinajstić information content (AvgIpc) is 2.27. The van der Waals surface area contributed by atoms with Crippen LogP contribution in [0.25, 0.3) is 10.8 Å². The standard InChI is InChI=1S/C12H11NOS/c1-14-11-7-9-5-3-2-4-8(9)6-10(11)12(13)15/h2-7H,1H3,(H2,13,15). The molecule has 0 fully saturated rings. The summed E-state index contributed by atoms with van der Waals surface area (Å²) >= 11 is 4.98. The van der Waals surface area contributed by atoms with Crippen LogP contribution in [0, 0.1) is 0 Å². The maximum atomic E-state index is 5.63. The third-order valence-electron chi connectivity index (χ3n) is 2.33. The Morgan fingerprint density at radius 1 is 1.20 bits per heavy atom. The van der Waals surface area contributed by atoms with Gasteiger partial charge in [-0.05, 0) is 22.9 Å². The average molecular weight is 217 g/mol. The van der Waals surface area contributed by atoms with E-state index in [0.717, 1.165) is 22.1 Å². The molecule has 0 amide bonds. The first-order chi connectivity index (χ1) is 7.22. The van der Waals surface area contributed by atoms with E-state index in [4.69, 9.17) is 22.7 Å². The normalized spacial score (nSPS) is 10.2.